The average molecular weight is 392 g/mol. The second-order valence-corrected chi connectivity index (χ2v) is 9.08. The van der Waals surface area contributed by atoms with Gasteiger partial charge in [0.05, 0.1) is 24.4 Å². The van der Waals surface area contributed by atoms with Crippen LogP contribution in [0.2, 0.25) is 0 Å². The second kappa shape index (κ2) is 8.23. The summed E-state index contributed by atoms with van der Waals surface area (Å²) in [5.74, 6) is 0.340. The molecule has 3 heterocycles. The summed E-state index contributed by atoms with van der Waals surface area (Å²) in [6, 6.07) is 5.27. The predicted molar refractivity (Wildman–Crippen MR) is 98.3 cm³/mol. The minimum atomic E-state index is -3.19. The summed E-state index contributed by atoms with van der Waals surface area (Å²) in [6.45, 7) is 1.97. The van der Waals surface area contributed by atoms with Gasteiger partial charge in [-0.3, -0.25) is 4.79 Å². The van der Waals surface area contributed by atoms with Gasteiger partial charge >= 0.3 is 0 Å². The van der Waals surface area contributed by atoms with Crippen LogP contribution in [0.4, 0.5) is 0 Å². The van der Waals surface area contributed by atoms with Crippen LogP contribution in [0.5, 0.6) is 5.88 Å². The van der Waals surface area contributed by atoms with Gasteiger partial charge in [0.25, 0.3) is 0 Å². The molecule has 0 saturated carbocycles. The van der Waals surface area contributed by atoms with E-state index < -0.39 is 10.0 Å². The Morgan fingerprint density at radius 1 is 1.30 bits per heavy atom. The van der Waals surface area contributed by atoms with Crippen molar-refractivity contribution < 1.29 is 17.9 Å². The van der Waals surface area contributed by atoms with Gasteiger partial charge in [0, 0.05) is 37.8 Å². The SMILES string of the molecule is CS(=O)(=O)N1CCC(C(=O)N2CCC[C@H](Oc3cc(C#N)ccn3)C2)CC1. The van der Waals surface area contributed by atoms with Gasteiger partial charge in [-0.05, 0) is 31.7 Å². The van der Waals surface area contributed by atoms with Crippen LogP contribution in [0.15, 0.2) is 18.3 Å². The van der Waals surface area contributed by atoms with E-state index in [0.29, 0.717) is 50.5 Å². The molecule has 1 atom stereocenters. The zero-order chi connectivity index (χ0) is 19.4. The number of nitriles is 1. The van der Waals surface area contributed by atoms with E-state index in [1.165, 1.54) is 16.8 Å². The number of carbonyl (C=O) groups is 1. The highest BCUT2D eigenvalue weighted by atomic mass is 32.2. The fraction of sp³-hybridized carbons (Fsp3) is 0.611. The van der Waals surface area contributed by atoms with Crippen molar-refractivity contribution in [2.24, 2.45) is 5.92 Å². The van der Waals surface area contributed by atoms with Crippen molar-refractivity contribution in [2.45, 2.75) is 31.8 Å². The van der Waals surface area contributed by atoms with Crippen LogP contribution in [-0.2, 0) is 14.8 Å². The van der Waals surface area contributed by atoms with Crippen molar-refractivity contribution in [3.8, 4) is 11.9 Å². The van der Waals surface area contributed by atoms with E-state index in [-0.39, 0.29) is 17.9 Å². The number of nitrogens with zero attached hydrogens (tertiary/aromatic N) is 4. The Hall–Kier alpha value is -2.18. The summed E-state index contributed by atoms with van der Waals surface area (Å²) in [4.78, 5) is 18.8. The number of pyridine rings is 1. The molecule has 2 aliphatic heterocycles. The molecule has 0 spiro atoms. The van der Waals surface area contributed by atoms with Gasteiger partial charge in [-0.25, -0.2) is 17.7 Å². The van der Waals surface area contributed by atoms with Gasteiger partial charge in [0.15, 0.2) is 0 Å². The molecule has 2 saturated heterocycles. The monoisotopic (exact) mass is 392 g/mol. The van der Waals surface area contributed by atoms with E-state index in [0.717, 1.165) is 12.8 Å². The summed E-state index contributed by atoms with van der Waals surface area (Å²) < 4.78 is 30.6. The van der Waals surface area contributed by atoms with Crippen molar-refractivity contribution >= 4 is 15.9 Å². The number of sulfonamides is 1. The number of hydrogen-bond donors (Lipinski definition) is 0. The molecule has 3 rings (SSSR count). The van der Waals surface area contributed by atoms with E-state index in [4.69, 9.17) is 10.00 Å². The van der Waals surface area contributed by atoms with Crippen LogP contribution < -0.4 is 4.74 Å². The Bertz CT molecular complexity index is 828. The first kappa shape index (κ1) is 19.6. The molecule has 9 heteroatoms. The number of amides is 1. The van der Waals surface area contributed by atoms with Crippen molar-refractivity contribution in [1.82, 2.24) is 14.2 Å². The van der Waals surface area contributed by atoms with E-state index >= 15 is 0 Å². The second-order valence-electron chi connectivity index (χ2n) is 7.10. The molecule has 1 aromatic rings. The number of hydrogen-bond acceptors (Lipinski definition) is 6. The number of carbonyl (C=O) groups excluding carboxylic acids is 1. The minimum Gasteiger partial charge on any atom is -0.472 e. The minimum absolute atomic E-state index is 0.0789. The van der Waals surface area contributed by atoms with Crippen LogP contribution in [0.1, 0.15) is 31.2 Å². The molecular formula is C18H24N4O4S. The molecule has 0 unspecified atom stereocenters. The topological polar surface area (TPSA) is 104 Å². The van der Waals surface area contributed by atoms with Crippen molar-refractivity contribution in [3.05, 3.63) is 23.9 Å². The van der Waals surface area contributed by atoms with Crippen LogP contribution in [0.3, 0.4) is 0 Å². The summed E-state index contributed by atoms with van der Waals surface area (Å²) in [5.41, 5.74) is 0.487. The van der Waals surface area contributed by atoms with Crippen LogP contribution in [-0.4, -0.2) is 67.1 Å². The third-order valence-electron chi connectivity index (χ3n) is 5.11. The first-order valence-electron chi connectivity index (χ1n) is 9.13. The normalized spacial score (nSPS) is 22.2. The fourth-order valence-electron chi connectivity index (χ4n) is 3.64. The highest BCUT2D eigenvalue weighted by Crippen LogP contribution is 2.24. The lowest BCUT2D eigenvalue weighted by Gasteiger charge is -2.37. The number of aromatic nitrogens is 1. The first-order valence-corrected chi connectivity index (χ1v) is 11.0. The molecule has 0 bridgehead atoms. The Labute approximate surface area is 159 Å². The summed E-state index contributed by atoms with van der Waals surface area (Å²) in [6.07, 6.45) is 5.37. The number of ether oxygens (including phenoxy) is 1. The zero-order valence-corrected chi connectivity index (χ0v) is 16.2. The Morgan fingerprint density at radius 3 is 2.70 bits per heavy atom. The van der Waals surface area contributed by atoms with Crippen molar-refractivity contribution in [2.75, 3.05) is 32.4 Å². The lowest BCUT2D eigenvalue weighted by molar-refractivity contribution is -0.139. The third-order valence-corrected chi connectivity index (χ3v) is 6.42. The molecule has 1 aromatic heterocycles. The fourth-order valence-corrected chi connectivity index (χ4v) is 4.52. The van der Waals surface area contributed by atoms with Gasteiger partial charge in [-0.15, -0.1) is 0 Å². The van der Waals surface area contributed by atoms with E-state index in [1.807, 2.05) is 4.90 Å². The molecule has 0 radical (unpaired) electrons. The quantitative estimate of drug-likeness (QED) is 0.757. The number of rotatable bonds is 4. The lowest BCUT2D eigenvalue weighted by atomic mass is 9.95. The molecule has 0 aliphatic carbocycles. The Balaban J connectivity index is 1.56. The Morgan fingerprint density at radius 2 is 2.04 bits per heavy atom. The molecular weight excluding hydrogens is 368 g/mol. The molecule has 146 valence electrons. The summed E-state index contributed by atoms with van der Waals surface area (Å²) in [7, 11) is -3.19. The highest BCUT2D eigenvalue weighted by molar-refractivity contribution is 7.88. The van der Waals surface area contributed by atoms with Crippen LogP contribution in [0, 0.1) is 17.2 Å². The average Bonchev–Trinajstić information content (AvgIpc) is 2.67. The lowest BCUT2D eigenvalue weighted by Crippen LogP contribution is -2.49. The van der Waals surface area contributed by atoms with Gasteiger partial charge in [-0.1, -0.05) is 0 Å². The molecule has 27 heavy (non-hydrogen) atoms. The number of likely N-dealkylation sites (tertiary alicyclic amines) is 1. The van der Waals surface area contributed by atoms with Gasteiger partial charge < -0.3 is 9.64 Å². The van der Waals surface area contributed by atoms with Gasteiger partial charge in [0.2, 0.25) is 21.8 Å². The highest BCUT2D eigenvalue weighted by Gasteiger charge is 2.33. The maximum absolute atomic E-state index is 12.9. The molecule has 2 fully saturated rings. The van der Waals surface area contributed by atoms with E-state index in [2.05, 4.69) is 11.1 Å². The largest absolute Gasteiger partial charge is 0.472 e. The standard InChI is InChI=1S/C18H24N4O4S/c1-27(24,25)22-9-5-15(6-10-22)18(23)21-8-2-3-16(13-21)26-17-11-14(12-19)4-7-20-17/h4,7,11,15-16H,2-3,5-6,8-10,13H2,1H3/t16-/m0/s1. The predicted octanol–water partition coefficient (Wildman–Crippen LogP) is 0.995. The molecule has 0 N–H and O–H groups in total. The van der Waals surface area contributed by atoms with Crippen molar-refractivity contribution in [1.29, 1.82) is 5.26 Å². The Kier molecular flexibility index (Phi) is 5.97. The molecule has 8 nitrogen and oxygen atoms in total. The molecule has 1 amide bonds. The third kappa shape index (κ3) is 4.96. The maximum Gasteiger partial charge on any atom is 0.225 e. The number of piperidine rings is 2. The summed E-state index contributed by atoms with van der Waals surface area (Å²) in [5, 5.41) is 8.97. The van der Waals surface area contributed by atoms with Crippen LogP contribution >= 0.6 is 0 Å². The maximum atomic E-state index is 12.9. The van der Waals surface area contributed by atoms with E-state index in [1.54, 1.807) is 12.1 Å². The molecule has 2 aliphatic rings. The smallest absolute Gasteiger partial charge is 0.225 e. The first-order chi connectivity index (χ1) is 12.9. The molecule has 0 aromatic carbocycles. The van der Waals surface area contributed by atoms with E-state index in [9.17, 15) is 13.2 Å². The van der Waals surface area contributed by atoms with Gasteiger partial charge in [-0.2, -0.15) is 5.26 Å². The zero-order valence-electron chi connectivity index (χ0n) is 15.4. The van der Waals surface area contributed by atoms with Gasteiger partial charge in [0.1, 0.15) is 6.10 Å². The van der Waals surface area contributed by atoms with Crippen LogP contribution in [0.25, 0.3) is 0 Å². The summed E-state index contributed by atoms with van der Waals surface area (Å²) >= 11 is 0. The van der Waals surface area contributed by atoms with Crippen molar-refractivity contribution in [3.63, 3.8) is 0 Å².